The van der Waals surface area contributed by atoms with E-state index in [1.807, 2.05) is 6.92 Å². The molecule has 2 aliphatic carbocycles. The van der Waals surface area contributed by atoms with Gasteiger partial charge < -0.3 is 76.2 Å². The monoisotopic (exact) mass is 1130 g/mol. The number of esters is 1. The van der Waals surface area contributed by atoms with Gasteiger partial charge in [-0.3, -0.25) is 14.4 Å². The summed E-state index contributed by atoms with van der Waals surface area (Å²) in [4.78, 5) is 78.5. The van der Waals surface area contributed by atoms with Crippen LogP contribution in [0.4, 0.5) is 20.1 Å². The van der Waals surface area contributed by atoms with Crippen molar-refractivity contribution in [3.63, 3.8) is 0 Å². The topological polar surface area (TPSA) is 324 Å². The van der Waals surface area contributed by atoms with Gasteiger partial charge in [0, 0.05) is 43.8 Å². The number of hydrogen-bond acceptors (Lipinski definition) is 16. The van der Waals surface area contributed by atoms with Crippen LogP contribution in [0.2, 0.25) is 0 Å². The van der Waals surface area contributed by atoms with E-state index in [4.69, 9.17) is 29.4 Å². The van der Waals surface area contributed by atoms with E-state index in [1.54, 1.807) is 38.1 Å². The number of ketones is 1. The van der Waals surface area contributed by atoms with E-state index < -0.39 is 104 Å². The van der Waals surface area contributed by atoms with Crippen LogP contribution in [0.3, 0.4) is 0 Å². The highest BCUT2D eigenvalue weighted by atomic mass is 16.7. The third-order valence-corrected chi connectivity index (χ3v) is 15.4. The van der Waals surface area contributed by atoms with E-state index in [9.17, 15) is 54.3 Å². The molecule has 5 amide bonds. The van der Waals surface area contributed by atoms with E-state index >= 15 is 0 Å². The van der Waals surface area contributed by atoms with Crippen LogP contribution in [-0.4, -0.2) is 143 Å². The summed E-state index contributed by atoms with van der Waals surface area (Å²) in [5.74, 6) is 5.01. The van der Waals surface area contributed by atoms with Crippen molar-refractivity contribution in [3.8, 4) is 11.8 Å². The van der Waals surface area contributed by atoms with Crippen molar-refractivity contribution in [2.75, 3.05) is 31.7 Å². The molecule has 0 bridgehead atoms. The maximum Gasteiger partial charge on any atom is 0.407 e. The number of anilines is 1. The minimum absolute atomic E-state index is 0.0934. The number of urea groups is 1. The van der Waals surface area contributed by atoms with Gasteiger partial charge in [0.2, 0.25) is 5.91 Å². The number of fused-ring (bicyclic) bond motifs is 1. The number of hydrogen-bond donors (Lipinski definition) is 10. The molecule has 0 aromatic heterocycles. The lowest BCUT2D eigenvalue weighted by molar-refractivity contribution is -0.303. The van der Waals surface area contributed by atoms with Gasteiger partial charge in [-0.15, -0.1) is 11.8 Å². The smallest absolute Gasteiger partial charge is 0.407 e. The van der Waals surface area contributed by atoms with Crippen molar-refractivity contribution in [2.24, 2.45) is 35.3 Å². The average Bonchev–Trinajstić information content (AvgIpc) is 4.21. The number of carbonyl (C=O) groups excluding carboxylic acids is 6. The number of nitrogens with one attached hydrogen (secondary N) is 4. The summed E-state index contributed by atoms with van der Waals surface area (Å²) in [6.07, 6.45) is 5.62. The van der Waals surface area contributed by atoms with Crippen LogP contribution >= 0.6 is 0 Å². The molecule has 0 spiro atoms. The number of alkyl carbamates (subject to hydrolysis) is 2. The standard InChI is InChI=1S/C59H95N5O16/c1-5-7-8-9-10-11-12-13-14-15-16-21-27-47(79-49(67)23-6-2)51(68)45(37-76-56-54(71)53(70)52(69)48(34-65)80-56)63-58(74)77-35-39-28-30-41(31-29-39)62-55(72)40(24-22-32-61-57(60)73)33-46(66)50(38(3)4)64-59(75)78-36-44-42-25-19-17-18-20-26-43(42)44/h28-31,38,40,42-45,47-48,50-54,56,65,68-71H,5-16,19-27,32-37H2,1-4H3,(H,62,72)(H,63,74)(H,64,75)(H3,60,61,73)/t40-,42-,43+,44?,45+,47-,48?,50+,51+,52+,53+,54?,56+/m1/s1. The number of nitrogens with two attached hydrogens (primary N) is 1. The second-order valence-corrected chi connectivity index (χ2v) is 22.2. The molecule has 2 fully saturated rings. The zero-order chi connectivity index (χ0) is 58.4. The van der Waals surface area contributed by atoms with Gasteiger partial charge in [0.15, 0.2) is 12.1 Å². The van der Waals surface area contributed by atoms with E-state index in [1.165, 1.54) is 44.9 Å². The van der Waals surface area contributed by atoms with E-state index in [0.29, 0.717) is 42.3 Å². The lowest BCUT2D eigenvalue weighted by Gasteiger charge is -2.40. The number of Topliss-reactive ketones (excluding diaryl/α,β-unsaturated/α-hetero) is 1. The molecular weight excluding hydrogens is 1030 g/mol. The molecule has 1 aromatic carbocycles. The van der Waals surface area contributed by atoms with Crippen LogP contribution < -0.4 is 27.0 Å². The molecule has 1 aliphatic heterocycles. The molecule has 80 heavy (non-hydrogen) atoms. The molecule has 1 saturated heterocycles. The summed E-state index contributed by atoms with van der Waals surface area (Å²) < 4.78 is 28.2. The van der Waals surface area contributed by atoms with Gasteiger partial charge in [-0.25, -0.2) is 14.4 Å². The van der Waals surface area contributed by atoms with E-state index in [-0.39, 0.29) is 63.1 Å². The molecule has 452 valence electrons. The predicted molar refractivity (Wildman–Crippen MR) is 298 cm³/mol. The number of amides is 5. The number of benzene rings is 1. The molecular formula is C59H95N5O16. The van der Waals surface area contributed by atoms with Crippen molar-refractivity contribution in [3.05, 3.63) is 29.8 Å². The first-order valence-electron chi connectivity index (χ1n) is 29.5. The predicted octanol–water partition coefficient (Wildman–Crippen LogP) is 6.41. The molecule has 1 aromatic rings. The van der Waals surface area contributed by atoms with Gasteiger partial charge in [0.1, 0.15) is 43.2 Å². The molecule has 11 N–H and O–H groups in total. The van der Waals surface area contributed by atoms with Crippen molar-refractivity contribution in [1.29, 1.82) is 0 Å². The molecule has 1 saturated carbocycles. The van der Waals surface area contributed by atoms with Crippen LogP contribution in [0.5, 0.6) is 0 Å². The Kier molecular flexibility index (Phi) is 31.3. The maximum absolute atomic E-state index is 13.9. The minimum Gasteiger partial charge on any atom is -0.460 e. The third-order valence-electron chi connectivity index (χ3n) is 15.4. The van der Waals surface area contributed by atoms with Crippen molar-refractivity contribution in [2.45, 2.75) is 231 Å². The van der Waals surface area contributed by atoms with Crippen LogP contribution in [-0.2, 0) is 44.7 Å². The highest BCUT2D eigenvalue weighted by molar-refractivity contribution is 5.97. The molecule has 1 heterocycles. The Morgan fingerprint density at radius 2 is 1.38 bits per heavy atom. The summed E-state index contributed by atoms with van der Waals surface area (Å²) in [7, 11) is 0. The number of carbonyl (C=O) groups is 6. The normalized spacial score (nSPS) is 23.2. The zero-order valence-electron chi connectivity index (χ0n) is 47.8. The van der Waals surface area contributed by atoms with Gasteiger partial charge in [0.25, 0.3) is 0 Å². The first-order chi connectivity index (χ1) is 38.5. The minimum atomic E-state index is -1.77. The van der Waals surface area contributed by atoms with Gasteiger partial charge in [-0.2, -0.15) is 0 Å². The molecule has 3 aliphatic rings. The SMILES string of the molecule is CCCCCCCCCCCCCC[C@@H](OC(=O)CCC)[C@@H](O)[C@H](CO[C@H]1OC(CO)[C@H](O)[C@H](O)C1O)NC(=O)OCc1ccc(NC(=O)[C@H](CCCNC(N)=O)CC(=O)[C@@H](NC(=O)OCC2[C@H]3CCC#CCC[C@@H]23)C(C)C)cc1. The highest BCUT2D eigenvalue weighted by Gasteiger charge is 2.49. The van der Waals surface area contributed by atoms with Gasteiger partial charge in [0.05, 0.1) is 31.9 Å². The Hall–Kier alpha value is -5.08. The summed E-state index contributed by atoms with van der Waals surface area (Å²) in [5.41, 5.74) is 6.11. The second kappa shape index (κ2) is 37.1. The second-order valence-electron chi connectivity index (χ2n) is 22.2. The van der Waals surface area contributed by atoms with Crippen LogP contribution in [0.25, 0.3) is 0 Å². The van der Waals surface area contributed by atoms with Crippen LogP contribution in [0.15, 0.2) is 24.3 Å². The fourth-order valence-corrected chi connectivity index (χ4v) is 10.6. The van der Waals surface area contributed by atoms with Gasteiger partial charge >= 0.3 is 24.2 Å². The molecule has 13 atom stereocenters. The van der Waals surface area contributed by atoms with Gasteiger partial charge in [-0.05, 0) is 86.3 Å². The maximum atomic E-state index is 13.9. The molecule has 3 unspecified atom stereocenters. The third kappa shape index (κ3) is 24.2. The van der Waals surface area contributed by atoms with Crippen molar-refractivity contribution >= 4 is 41.6 Å². The van der Waals surface area contributed by atoms with E-state index in [2.05, 4.69) is 40.0 Å². The van der Waals surface area contributed by atoms with E-state index in [0.717, 1.165) is 51.4 Å². The van der Waals surface area contributed by atoms with Crippen molar-refractivity contribution in [1.82, 2.24) is 16.0 Å². The Morgan fingerprint density at radius 3 is 1.96 bits per heavy atom. The number of unbranched alkanes of at least 4 members (excludes halogenated alkanes) is 11. The Balaban J connectivity index is 1.37. The summed E-state index contributed by atoms with van der Waals surface area (Å²) in [6, 6.07) is 3.37. The molecule has 21 heteroatoms. The number of primary amides is 1. The molecule has 4 rings (SSSR count). The van der Waals surface area contributed by atoms with Crippen LogP contribution in [0, 0.1) is 41.4 Å². The Labute approximate surface area is 473 Å². The number of aliphatic hydroxyl groups is 5. The lowest BCUT2D eigenvalue weighted by Crippen LogP contribution is -2.60. The molecule has 0 radical (unpaired) electrons. The first kappa shape index (κ1) is 67.4. The fraction of sp³-hybridized carbons (Fsp3) is 0.763. The Morgan fingerprint density at radius 1 is 0.762 bits per heavy atom. The summed E-state index contributed by atoms with van der Waals surface area (Å²) in [5, 5.41) is 63.7. The zero-order valence-corrected chi connectivity index (χ0v) is 47.8. The summed E-state index contributed by atoms with van der Waals surface area (Å²) in [6.45, 7) is 6.48. The van der Waals surface area contributed by atoms with Crippen molar-refractivity contribution < 1.29 is 78.0 Å². The Bertz CT molecular complexity index is 2070. The average molecular weight is 1130 g/mol. The van der Waals surface area contributed by atoms with Gasteiger partial charge in [-0.1, -0.05) is 110 Å². The number of aliphatic hydroxyl groups excluding tert-OH is 5. The summed E-state index contributed by atoms with van der Waals surface area (Å²) >= 11 is 0. The quantitative estimate of drug-likeness (QED) is 0.0148. The first-order valence-corrected chi connectivity index (χ1v) is 29.5. The highest BCUT2D eigenvalue weighted by Crippen LogP contribution is 2.52. The lowest BCUT2D eigenvalue weighted by atomic mass is 9.89. The number of rotatable bonds is 38. The largest absolute Gasteiger partial charge is 0.460 e. The fourth-order valence-electron chi connectivity index (χ4n) is 10.6. The molecule has 21 nitrogen and oxygen atoms in total. The number of ether oxygens (including phenoxy) is 5. The van der Waals surface area contributed by atoms with Crippen LogP contribution in [0.1, 0.15) is 175 Å².